The maximum atomic E-state index is 11.3. The summed E-state index contributed by atoms with van der Waals surface area (Å²) in [5.41, 5.74) is 2.43. The van der Waals surface area contributed by atoms with E-state index in [1.165, 1.54) is 0 Å². The van der Waals surface area contributed by atoms with Crippen LogP contribution in [0.25, 0.3) is 5.69 Å². The van der Waals surface area contributed by atoms with Crippen LogP contribution in [0, 0.1) is 0 Å². The molecule has 0 spiro atoms. The highest BCUT2D eigenvalue weighted by Crippen LogP contribution is 2.28. The van der Waals surface area contributed by atoms with E-state index < -0.39 is 11.9 Å². The van der Waals surface area contributed by atoms with Crippen LogP contribution in [-0.2, 0) is 16.1 Å². The molecule has 0 fully saturated rings. The molecule has 5 nitrogen and oxygen atoms in total. The van der Waals surface area contributed by atoms with E-state index in [9.17, 15) is 9.90 Å². The molecular formula is C13H12N2O3. The largest absolute Gasteiger partial charge is 0.481 e. The van der Waals surface area contributed by atoms with Crippen LogP contribution in [-0.4, -0.2) is 27.5 Å². The predicted molar refractivity (Wildman–Crippen MR) is 63.6 cm³/mol. The Bertz CT molecular complexity index is 577. The van der Waals surface area contributed by atoms with E-state index in [4.69, 9.17) is 4.74 Å². The van der Waals surface area contributed by atoms with Gasteiger partial charge in [0, 0.05) is 5.56 Å². The first-order chi connectivity index (χ1) is 8.77. The zero-order chi connectivity index (χ0) is 12.5. The molecule has 1 N–H and O–H groups in total. The van der Waals surface area contributed by atoms with Crippen molar-refractivity contribution in [2.45, 2.75) is 12.5 Å². The van der Waals surface area contributed by atoms with Crippen molar-refractivity contribution >= 4 is 5.97 Å². The predicted octanol–water partition coefficient (Wildman–Crippen LogP) is 1.57. The van der Waals surface area contributed by atoms with Crippen molar-refractivity contribution in [1.82, 2.24) is 9.78 Å². The standard InChI is InChI=1S/C13H12N2O3/c16-13(17)11-8-18-7-9-6-14-15(12(9)11)10-4-2-1-3-5-10/h1-6,11H,7-8H2,(H,16,17). The lowest BCUT2D eigenvalue weighted by Crippen LogP contribution is -2.25. The van der Waals surface area contributed by atoms with Gasteiger partial charge in [-0.3, -0.25) is 4.79 Å². The van der Waals surface area contributed by atoms with Gasteiger partial charge in [-0.05, 0) is 12.1 Å². The summed E-state index contributed by atoms with van der Waals surface area (Å²) in [7, 11) is 0. The van der Waals surface area contributed by atoms with E-state index in [1.54, 1.807) is 10.9 Å². The maximum Gasteiger partial charge on any atom is 0.314 e. The molecule has 1 aromatic carbocycles. The van der Waals surface area contributed by atoms with E-state index in [0.717, 1.165) is 16.9 Å². The second-order valence-electron chi connectivity index (χ2n) is 4.21. The highest BCUT2D eigenvalue weighted by atomic mass is 16.5. The lowest BCUT2D eigenvalue weighted by Gasteiger charge is -2.21. The van der Waals surface area contributed by atoms with Crippen molar-refractivity contribution in [3.05, 3.63) is 47.8 Å². The molecule has 18 heavy (non-hydrogen) atoms. The first kappa shape index (κ1) is 11.0. The van der Waals surface area contributed by atoms with E-state index >= 15 is 0 Å². The third-order valence-corrected chi connectivity index (χ3v) is 3.06. The molecule has 0 saturated carbocycles. The summed E-state index contributed by atoms with van der Waals surface area (Å²) in [5.74, 6) is -1.54. The number of hydrogen-bond acceptors (Lipinski definition) is 3. The summed E-state index contributed by atoms with van der Waals surface area (Å²) < 4.78 is 6.98. The van der Waals surface area contributed by atoms with Gasteiger partial charge in [0.25, 0.3) is 0 Å². The Morgan fingerprint density at radius 2 is 2.17 bits per heavy atom. The number of carbonyl (C=O) groups is 1. The SMILES string of the molecule is O=C(O)C1COCc2cnn(-c3ccccc3)c21. The van der Waals surface area contributed by atoms with Gasteiger partial charge >= 0.3 is 5.97 Å². The Morgan fingerprint density at radius 1 is 1.39 bits per heavy atom. The number of aromatic nitrogens is 2. The van der Waals surface area contributed by atoms with Crippen molar-refractivity contribution in [2.24, 2.45) is 0 Å². The molecule has 2 aromatic rings. The van der Waals surface area contributed by atoms with Crippen molar-refractivity contribution in [3.8, 4) is 5.69 Å². The van der Waals surface area contributed by atoms with Crippen LogP contribution in [0.5, 0.6) is 0 Å². The smallest absolute Gasteiger partial charge is 0.314 e. The maximum absolute atomic E-state index is 11.3. The van der Waals surface area contributed by atoms with E-state index in [2.05, 4.69) is 5.10 Å². The van der Waals surface area contributed by atoms with Gasteiger partial charge in [-0.1, -0.05) is 18.2 Å². The van der Waals surface area contributed by atoms with Crippen LogP contribution in [0.1, 0.15) is 17.2 Å². The molecule has 0 amide bonds. The zero-order valence-electron chi connectivity index (χ0n) is 9.61. The zero-order valence-corrected chi connectivity index (χ0v) is 9.61. The van der Waals surface area contributed by atoms with Gasteiger partial charge in [-0.25, -0.2) is 4.68 Å². The molecule has 1 atom stereocenters. The number of benzene rings is 1. The Morgan fingerprint density at radius 3 is 2.89 bits per heavy atom. The summed E-state index contributed by atoms with van der Waals surface area (Å²) in [4.78, 5) is 11.3. The van der Waals surface area contributed by atoms with Crippen LogP contribution < -0.4 is 0 Å². The molecule has 2 heterocycles. The summed E-state index contributed by atoms with van der Waals surface area (Å²) in [5, 5.41) is 13.5. The monoisotopic (exact) mass is 244 g/mol. The molecule has 1 unspecified atom stereocenters. The molecule has 3 rings (SSSR count). The minimum absolute atomic E-state index is 0.195. The number of ether oxygens (including phenoxy) is 1. The highest BCUT2D eigenvalue weighted by molar-refractivity contribution is 5.76. The van der Waals surface area contributed by atoms with Crippen LogP contribution >= 0.6 is 0 Å². The van der Waals surface area contributed by atoms with Gasteiger partial charge in [-0.15, -0.1) is 0 Å². The molecule has 0 bridgehead atoms. The van der Waals surface area contributed by atoms with Gasteiger partial charge in [0.1, 0.15) is 5.92 Å². The second-order valence-corrected chi connectivity index (χ2v) is 4.21. The highest BCUT2D eigenvalue weighted by Gasteiger charge is 2.31. The summed E-state index contributed by atoms with van der Waals surface area (Å²) in [6, 6.07) is 9.53. The van der Waals surface area contributed by atoms with E-state index in [0.29, 0.717) is 6.61 Å². The first-order valence-corrected chi connectivity index (χ1v) is 5.70. The Labute approximate surface area is 104 Å². The normalized spacial score (nSPS) is 18.3. The average Bonchev–Trinajstić information content (AvgIpc) is 2.83. The summed E-state index contributed by atoms with van der Waals surface area (Å²) in [6.07, 6.45) is 1.68. The number of aliphatic carboxylic acids is 1. The fourth-order valence-corrected chi connectivity index (χ4v) is 2.20. The molecular weight excluding hydrogens is 232 g/mol. The summed E-state index contributed by atoms with van der Waals surface area (Å²) >= 11 is 0. The number of nitrogens with zero attached hydrogens (tertiary/aromatic N) is 2. The third-order valence-electron chi connectivity index (χ3n) is 3.06. The Balaban J connectivity index is 2.13. The minimum atomic E-state index is -0.881. The number of carboxylic acids is 1. The van der Waals surface area contributed by atoms with Gasteiger partial charge < -0.3 is 9.84 Å². The number of para-hydroxylation sites is 1. The van der Waals surface area contributed by atoms with E-state index in [-0.39, 0.29) is 6.61 Å². The Kier molecular flexibility index (Phi) is 2.60. The molecule has 1 aromatic heterocycles. The van der Waals surface area contributed by atoms with Crippen molar-refractivity contribution in [3.63, 3.8) is 0 Å². The lowest BCUT2D eigenvalue weighted by molar-refractivity contribution is -0.141. The number of hydrogen-bond donors (Lipinski definition) is 1. The number of rotatable bonds is 2. The first-order valence-electron chi connectivity index (χ1n) is 5.70. The van der Waals surface area contributed by atoms with Gasteiger partial charge in [-0.2, -0.15) is 5.10 Å². The molecule has 5 heteroatoms. The van der Waals surface area contributed by atoms with Crippen LogP contribution in [0.2, 0.25) is 0 Å². The fourth-order valence-electron chi connectivity index (χ4n) is 2.20. The molecule has 0 saturated heterocycles. The fraction of sp³-hybridized carbons (Fsp3) is 0.231. The number of fused-ring (bicyclic) bond motifs is 1. The minimum Gasteiger partial charge on any atom is -0.481 e. The van der Waals surface area contributed by atoms with Gasteiger partial charge in [0.05, 0.1) is 30.8 Å². The van der Waals surface area contributed by atoms with E-state index in [1.807, 2.05) is 30.3 Å². The molecule has 92 valence electrons. The quantitative estimate of drug-likeness (QED) is 0.870. The number of carboxylic acid groups (broad SMARTS) is 1. The molecule has 1 aliphatic rings. The second kappa shape index (κ2) is 4.27. The van der Waals surface area contributed by atoms with Crippen LogP contribution in [0.4, 0.5) is 0 Å². The molecule has 0 radical (unpaired) electrons. The molecule has 1 aliphatic heterocycles. The van der Waals surface area contributed by atoms with Crippen molar-refractivity contribution < 1.29 is 14.6 Å². The van der Waals surface area contributed by atoms with Gasteiger partial charge in [0.15, 0.2) is 0 Å². The van der Waals surface area contributed by atoms with Crippen LogP contribution in [0.15, 0.2) is 36.5 Å². The third kappa shape index (κ3) is 1.69. The van der Waals surface area contributed by atoms with Crippen molar-refractivity contribution in [1.29, 1.82) is 0 Å². The average molecular weight is 244 g/mol. The Hall–Kier alpha value is -2.14. The van der Waals surface area contributed by atoms with Gasteiger partial charge in [0.2, 0.25) is 0 Å². The lowest BCUT2D eigenvalue weighted by atomic mass is 10.0. The summed E-state index contributed by atoms with van der Waals surface area (Å²) in [6.45, 7) is 0.618. The molecule has 0 aliphatic carbocycles. The van der Waals surface area contributed by atoms with Crippen LogP contribution in [0.3, 0.4) is 0 Å². The topological polar surface area (TPSA) is 64.3 Å². The van der Waals surface area contributed by atoms with Crippen molar-refractivity contribution in [2.75, 3.05) is 6.61 Å².